The first kappa shape index (κ1) is 24.3. The van der Waals surface area contributed by atoms with Crippen LogP contribution >= 0.6 is 24.0 Å². The molecule has 2 fully saturated rings. The molecule has 2 aliphatic heterocycles. The fraction of sp³-hybridized carbons (Fsp3) is 0.850. The van der Waals surface area contributed by atoms with Gasteiger partial charge in [0.1, 0.15) is 0 Å². The first-order valence-electron chi connectivity index (χ1n) is 10.8. The third kappa shape index (κ3) is 8.37. The molecule has 1 aromatic heterocycles. The molecule has 1 atom stereocenters. The number of hydrogen-bond donors (Lipinski definition) is 1. The SMILES string of the molecule is CCNC(=NCCCc1nc(C)no1)N1CCC(OCC2CCCCO2)CC1.I. The lowest BCUT2D eigenvalue weighted by Gasteiger charge is -2.35. The van der Waals surface area contributed by atoms with E-state index < -0.39 is 0 Å². The lowest BCUT2D eigenvalue weighted by Crippen LogP contribution is -2.47. The summed E-state index contributed by atoms with van der Waals surface area (Å²) in [4.78, 5) is 11.4. The summed E-state index contributed by atoms with van der Waals surface area (Å²) in [5.41, 5.74) is 0. The molecule has 1 aromatic rings. The predicted molar refractivity (Wildman–Crippen MR) is 123 cm³/mol. The number of nitrogens with zero attached hydrogens (tertiary/aromatic N) is 4. The average molecular weight is 521 g/mol. The topological polar surface area (TPSA) is 85.0 Å². The fourth-order valence-corrected chi connectivity index (χ4v) is 3.70. The van der Waals surface area contributed by atoms with Crippen LogP contribution in [0.25, 0.3) is 0 Å². The van der Waals surface area contributed by atoms with Crippen LogP contribution in [0.5, 0.6) is 0 Å². The molecule has 1 unspecified atom stereocenters. The van der Waals surface area contributed by atoms with Gasteiger partial charge >= 0.3 is 0 Å². The summed E-state index contributed by atoms with van der Waals surface area (Å²) < 4.78 is 17.0. The van der Waals surface area contributed by atoms with E-state index in [4.69, 9.17) is 19.0 Å². The molecule has 2 aliphatic rings. The highest BCUT2D eigenvalue weighted by Gasteiger charge is 2.23. The molecule has 29 heavy (non-hydrogen) atoms. The van der Waals surface area contributed by atoms with E-state index in [0.29, 0.717) is 23.9 Å². The Balaban J connectivity index is 0.00000300. The van der Waals surface area contributed by atoms with Crippen LogP contribution in [0.3, 0.4) is 0 Å². The molecule has 9 heteroatoms. The fourth-order valence-electron chi connectivity index (χ4n) is 3.70. The van der Waals surface area contributed by atoms with Crippen LogP contribution in [0.1, 0.15) is 57.2 Å². The lowest BCUT2D eigenvalue weighted by molar-refractivity contribution is -0.0721. The van der Waals surface area contributed by atoms with Crippen molar-refractivity contribution in [1.29, 1.82) is 0 Å². The van der Waals surface area contributed by atoms with Crippen LogP contribution in [0.15, 0.2) is 9.52 Å². The van der Waals surface area contributed by atoms with Gasteiger partial charge in [0, 0.05) is 39.2 Å². The number of likely N-dealkylation sites (tertiary alicyclic amines) is 1. The highest BCUT2D eigenvalue weighted by atomic mass is 127. The molecule has 0 bridgehead atoms. The molecule has 0 aliphatic carbocycles. The Bertz CT molecular complexity index is 599. The number of aromatic nitrogens is 2. The number of rotatable bonds is 8. The number of halogens is 1. The molecule has 2 saturated heterocycles. The Morgan fingerprint density at radius 1 is 1.28 bits per heavy atom. The standard InChI is InChI=1S/C20H35N5O3.HI/c1-3-21-20(22-11-6-8-19-23-16(2)24-28-19)25-12-9-17(10-13-25)27-15-18-7-4-5-14-26-18;/h17-18H,3-15H2,1-2H3,(H,21,22);1H. The Morgan fingerprint density at radius 3 is 2.76 bits per heavy atom. The van der Waals surface area contributed by atoms with Gasteiger partial charge in [-0.15, -0.1) is 24.0 Å². The van der Waals surface area contributed by atoms with Gasteiger partial charge in [-0.25, -0.2) is 0 Å². The minimum absolute atomic E-state index is 0. The number of nitrogens with one attached hydrogen (secondary N) is 1. The van der Waals surface area contributed by atoms with Gasteiger partial charge in [0.15, 0.2) is 11.8 Å². The van der Waals surface area contributed by atoms with Gasteiger partial charge in [-0.3, -0.25) is 4.99 Å². The van der Waals surface area contributed by atoms with Crippen molar-refractivity contribution in [1.82, 2.24) is 20.4 Å². The number of hydrogen-bond acceptors (Lipinski definition) is 6. The van der Waals surface area contributed by atoms with Crippen LogP contribution in [-0.2, 0) is 15.9 Å². The minimum atomic E-state index is 0. The average Bonchev–Trinajstić information content (AvgIpc) is 3.15. The predicted octanol–water partition coefficient (Wildman–Crippen LogP) is 2.94. The maximum atomic E-state index is 6.12. The van der Waals surface area contributed by atoms with Crippen molar-refractivity contribution in [2.24, 2.45) is 4.99 Å². The van der Waals surface area contributed by atoms with Crippen molar-refractivity contribution < 1.29 is 14.0 Å². The smallest absolute Gasteiger partial charge is 0.226 e. The normalized spacial score (nSPS) is 21.1. The Hall–Kier alpha value is -0.940. The van der Waals surface area contributed by atoms with Gasteiger partial charge in [-0.1, -0.05) is 5.16 Å². The van der Waals surface area contributed by atoms with Gasteiger partial charge in [0.2, 0.25) is 5.89 Å². The maximum absolute atomic E-state index is 6.12. The molecule has 0 saturated carbocycles. The molecule has 1 N–H and O–H groups in total. The molecular weight excluding hydrogens is 485 g/mol. The van der Waals surface area contributed by atoms with Crippen molar-refractivity contribution in [3.63, 3.8) is 0 Å². The van der Waals surface area contributed by atoms with E-state index in [1.54, 1.807) is 0 Å². The third-order valence-electron chi connectivity index (χ3n) is 5.25. The first-order chi connectivity index (χ1) is 13.7. The molecular formula is C20H36IN5O3. The summed E-state index contributed by atoms with van der Waals surface area (Å²) in [5.74, 6) is 2.38. The molecule has 0 aromatic carbocycles. The van der Waals surface area contributed by atoms with Crippen molar-refractivity contribution in [3.05, 3.63) is 11.7 Å². The largest absolute Gasteiger partial charge is 0.376 e. The lowest BCUT2D eigenvalue weighted by atomic mass is 10.1. The summed E-state index contributed by atoms with van der Waals surface area (Å²) in [6, 6.07) is 0. The summed E-state index contributed by atoms with van der Waals surface area (Å²) in [6.45, 7) is 9.15. The van der Waals surface area contributed by atoms with E-state index in [-0.39, 0.29) is 24.0 Å². The second kappa shape index (κ2) is 13.4. The maximum Gasteiger partial charge on any atom is 0.226 e. The van der Waals surface area contributed by atoms with Gasteiger partial charge in [-0.05, 0) is 52.4 Å². The summed E-state index contributed by atoms with van der Waals surface area (Å²) >= 11 is 0. The van der Waals surface area contributed by atoms with E-state index in [0.717, 1.165) is 77.5 Å². The van der Waals surface area contributed by atoms with Crippen LogP contribution in [-0.4, -0.2) is 72.6 Å². The molecule has 0 radical (unpaired) electrons. The zero-order valence-corrected chi connectivity index (χ0v) is 20.1. The Labute approximate surface area is 191 Å². The van der Waals surface area contributed by atoms with E-state index in [1.807, 2.05) is 6.92 Å². The van der Waals surface area contributed by atoms with E-state index in [2.05, 4.69) is 27.3 Å². The van der Waals surface area contributed by atoms with Crippen molar-refractivity contribution in [3.8, 4) is 0 Å². The van der Waals surface area contributed by atoms with Gasteiger partial charge < -0.3 is 24.2 Å². The van der Waals surface area contributed by atoms with E-state index in [9.17, 15) is 0 Å². The summed E-state index contributed by atoms with van der Waals surface area (Å²) in [5, 5.41) is 7.24. The summed E-state index contributed by atoms with van der Waals surface area (Å²) in [6.07, 6.45) is 7.98. The monoisotopic (exact) mass is 521 g/mol. The van der Waals surface area contributed by atoms with E-state index >= 15 is 0 Å². The Kier molecular flexibility index (Phi) is 11.2. The molecule has 3 rings (SSSR count). The Morgan fingerprint density at radius 2 is 2.10 bits per heavy atom. The number of piperidine rings is 1. The minimum Gasteiger partial charge on any atom is -0.376 e. The van der Waals surface area contributed by atoms with Gasteiger partial charge in [-0.2, -0.15) is 4.98 Å². The second-order valence-electron chi connectivity index (χ2n) is 7.58. The van der Waals surface area contributed by atoms with Crippen molar-refractivity contribution >= 4 is 29.9 Å². The third-order valence-corrected chi connectivity index (χ3v) is 5.25. The summed E-state index contributed by atoms with van der Waals surface area (Å²) in [7, 11) is 0. The van der Waals surface area contributed by atoms with Crippen LogP contribution in [0, 0.1) is 6.92 Å². The van der Waals surface area contributed by atoms with Crippen molar-refractivity contribution in [2.45, 2.75) is 71.0 Å². The molecule has 3 heterocycles. The van der Waals surface area contributed by atoms with Crippen LogP contribution < -0.4 is 5.32 Å². The molecule has 166 valence electrons. The van der Waals surface area contributed by atoms with Crippen LogP contribution in [0.2, 0.25) is 0 Å². The number of aliphatic imine (C=N–C) groups is 1. The molecule has 0 amide bonds. The number of aryl methyl sites for hydroxylation is 2. The second-order valence-corrected chi connectivity index (χ2v) is 7.58. The van der Waals surface area contributed by atoms with Crippen LogP contribution in [0.4, 0.5) is 0 Å². The van der Waals surface area contributed by atoms with Gasteiger partial charge in [0.05, 0.1) is 18.8 Å². The molecule has 0 spiro atoms. The zero-order chi connectivity index (χ0) is 19.6. The number of guanidine groups is 1. The zero-order valence-electron chi connectivity index (χ0n) is 17.8. The first-order valence-corrected chi connectivity index (χ1v) is 10.8. The van der Waals surface area contributed by atoms with Crippen molar-refractivity contribution in [2.75, 3.05) is 39.4 Å². The quantitative estimate of drug-likeness (QED) is 0.244. The number of ether oxygens (including phenoxy) is 2. The molecule has 8 nitrogen and oxygen atoms in total. The highest BCUT2D eigenvalue weighted by Crippen LogP contribution is 2.18. The van der Waals surface area contributed by atoms with E-state index in [1.165, 1.54) is 12.8 Å². The highest BCUT2D eigenvalue weighted by molar-refractivity contribution is 14.0. The van der Waals surface area contributed by atoms with Gasteiger partial charge in [0.25, 0.3) is 0 Å².